The lowest BCUT2D eigenvalue weighted by Gasteiger charge is -2.28. The summed E-state index contributed by atoms with van der Waals surface area (Å²) in [5.74, 6) is -3.91. The Hall–Kier alpha value is -3.35. The minimum atomic E-state index is -4.96. The lowest BCUT2D eigenvalue weighted by atomic mass is 10.0. The third kappa shape index (κ3) is 6.70. The smallest absolute Gasteiger partial charge is 0.338 e. The van der Waals surface area contributed by atoms with Crippen molar-refractivity contribution in [1.82, 2.24) is 20.8 Å². The molecule has 0 radical (unpaired) electrons. The number of hydrogen-bond acceptors (Lipinski definition) is 9. The third-order valence-corrected chi connectivity index (χ3v) is 7.91. The number of nitrogens with zero attached hydrogens (tertiary/aromatic N) is 3. The van der Waals surface area contributed by atoms with Gasteiger partial charge in [-0.05, 0) is 42.0 Å². The van der Waals surface area contributed by atoms with E-state index < -0.39 is 62.4 Å². The van der Waals surface area contributed by atoms with Crippen molar-refractivity contribution in [3.05, 3.63) is 59.0 Å². The molecule has 1 saturated carbocycles. The van der Waals surface area contributed by atoms with Gasteiger partial charge in [-0.1, -0.05) is 23.4 Å². The summed E-state index contributed by atoms with van der Waals surface area (Å²) in [6, 6.07) is 4.28. The number of carbonyl (C=O) groups is 1. The highest BCUT2D eigenvalue weighted by Crippen LogP contribution is 2.36. The molecular formula is C22H19F4N5O4S2. The second-order valence-corrected chi connectivity index (χ2v) is 11.5. The number of alkyl halides is 3. The predicted octanol–water partition coefficient (Wildman–Crippen LogP) is 3.29. The molecule has 1 aliphatic carbocycles. The van der Waals surface area contributed by atoms with Crippen LogP contribution in [0.3, 0.4) is 0 Å². The molecule has 3 aromatic rings. The Morgan fingerprint density at radius 2 is 1.95 bits per heavy atom. The normalized spacial score (nSPS) is 16.5. The van der Waals surface area contributed by atoms with Gasteiger partial charge in [0.15, 0.2) is 9.84 Å². The van der Waals surface area contributed by atoms with Gasteiger partial charge in [0.2, 0.25) is 17.6 Å². The van der Waals surface area contributed by atoms with Gasteiger partial charge in [-0.3, -0.25) is 10.1 Å². The number of thiophene rings is 1. The molecule has 0 unspecified atom stereocenters. The molecular weight excluding hydrogens is 538 g/mol. The summed E-state index contributed by atoms with van der Waals surface area (Å²) in [6.45, 7) is 0. The molecule has 4 rings (SSSR count). The number of hydrogen-bond donors (Lipinski definition) is 2. The van der Waals surface area contributed by atoms with E-state index in [1.807, 2.05) is 6.07 Å². The lowest BCUT2D eigenvalue weighted by molar-refractivity contribution is -0.160. The van der Waals surface area contributed by atoms with Crippen molar-refractivity contribution >= 4 is 27.1 Å². The van der Waals surface area contributed by atoms with Crippen molar-refractivity contribution in [3.8, 4) is 16.8 Å². The summed E-state index contributed by atoms with van der Waals surface area (Å²) in [6.07, 6.45) is -4.40. The number of benzene rings is 1. The largest absolute Gasteiger partial charge is 0.407 e. The molecule has 1 fully saturated rings. The van der Waals surface area contributed by atoms with Crippen LogP contribution in [-0.2, 0) is 20.4 Å². The first kappa shape index (κ1) is 26.7. The maximum atomic E-state index is 13.9. The van der Waals surface area contributed by atoms with E-state index in [0.29, 0.717) is 4.88 Å². The number of nitriles is 1. The minimum Gasteiger partial charge on any atom is -0.338 e. The van der Waals surface area contributed by atoms with Gasteiger partial charge in [-0.25, -0.2) is 12.8 Å². The zero-order chi connectivity index (χ0) is 26.8. The maximum Gasteiger partial charge on any atom is 0.407 e. The van der Waals surface area contributed by atoms with Gasteiger partial charge < -0.3 is 9.84 Å². The SMILES string of the molecule is N#CC1(NC(=O)[C@H](CS(=O)(=O)Cc2nc(-c3cccs3)no2)N[C@@H](c2ccc(F)cc2)C(F)(F)F)CC1. The Balaban J connectivity index is 1.58. The van der Waals surface area contributed by atoms with E-state index in [4.69, 9.17) is 4.52 Å². The van der Waals surface area contributed by atoms with Crippen molar-refractivity contribution in [2.75, 3.05) is 5.75 Å². The molecule has 1 aliphatic rings. The summed E-state index contributed by atoms with van der Waals surface area (Å²) in [4.78, 5) is 17.5. The number of halogens is 4. The number of sulfone groups is 1. The fraction of sp³-hybridized carbons (Fsp3) is 0.364. The van der Waals surface area contributed by atoms with Gasteiger partial charge in [-0.2, -0.15) is 23.4 Å². The molecule has 0 aliphatic heterocycles. The first-order valence-corrected chi connectivity index (χ1v) is 13.5. The summed E-state index contributed by atoms with van der Waals surface area (Å²) in [5, 5.41) is 19.1. The zero-order valence-electron chi connectivity index (χ0n) is 18.8. The molecule has 2 N–H and O–H groups in total. The highest BCUT2D eigenvalue weighted by molar-refractivity contribution is 7.90. The van der Waals surface area contributed by atoms with E-state index in [-0.39, 0.29) is 24.6 Å². The number of nitrogens with one attached hydrogen (secondary N) is 2. The van der Waals surface area contributed by atoms with Gasteiger partial charge >= 0.3 is 6.18 Å². The molecule has 0 spiro atoms. The van der Waals surface area contributed by atoms with Crippen molar-refractivity contribution in [2.24, 2.45) is 0 Å². The minimum absolute atomic E-state index is 0.144. The summed E-state index contributed by atoms with van der Waals surface area (Å²) in [7, 11) is -4.28. The molecule has 0 saturated heterocycles. The van der Waals surface area contributed by atoms with Gasteiger partial charge in [0, 0.05) is 0 Å². The van der Waals surface area contributed by atoms with Crippen LogP contribution in [-0.4, -0.2) is 48.0 Å². The Bertz CT molecular complexity index is 1400. The summed E-state index contributed by atoms with van der Waals surface area (Å²) < 4.78 is 86.0. The first-order chi connectivity index (χ1) is 17.4. The van der Waals surface area contributed by atoms with Crippen molar-refractivity contribution in [3.63, 3.8) is 0 Å². The van der Waals surface area contributed by atoms with Gasteiger partial charge in [-0.15, -0.1) is 11.3 Å². The topological polar surface area (TPSA) is 138 Å². The highest BCUT2D eigenvalue weighted by Gasteiger charge is 2.48. The number of rotatable bonds is 10. The first-order valence-electron chi connectivity index (χ1n) is 10.8. The van der Waals surface area contributed by atoms with Crippen LogP contribution in [0.1, 0.15) is 30.3 Å². The second-order valence-electron chi connectivity index (χ2n) is 8.47. The van der Waals surface area contributed by atoms with Gasteiger partial charge in [0.05, 0.1) is 16.7 Å². The van der Waals surface area contributed by atoms with E-state index >= 15 is 0 Å². The summed E-state index contributed by atoms with van der Waals surface area (Å²) >= 11 is 1.29. The van der Waals surface area contributed by atoms with Crippen LogP contribution >= 0.6 is 11.3 Å². The Kier molecular flexibility index (Phi) is 7.36. The van der Waals surface area contributed by atoms with E-state index in [1.54, 1.807) is 17.5 Å². The monoisotopic (exact) mass is 557 g/mol. The Morgan fingerprint density at radius 1 is 1.24 bits per heavy atom. The second kappa shape index (κ2) is 10.2. The average molecular weight is 558 g/mol. The molecule has 9 nitrogen and oxygen atoms in total. The lowest BCUT2D eigenvalue weighted by Crippen LogP contribution is -2.54. The van der Waals surface area contributed by atoms with Crippen LogP contribution in [0.15, 0.2) is 46.3 Å². The van der Waals surface area contributed by atoms with Crippen LogP contribution in [0.2, 0.25) is 0 Å². The molecule has 196 valence electrons. The van der Waals surface area contributed by atoms with Crippen LogP contribution in [0.4, 0.5) is 17.6 Å². The van der Waals surface area contributed by atoms with Crippen LogP contribution < -0.4 is 10.6 Å². The maximum absolute atomic E-state index is 13.9. The Morgan fingerprint density at radius 3 is 2.51 bits per heavy atom. The van der Waals surface area contributed by atoms with Crippen LogP contribution in [0, 0.1) is 17.1 Å². The third-order valence-electron chi connectivity index (χ3n) is 5.52. The van der Waals surface area contributed by atoms with Gasteiger partial charge in [0.1, 0.15) is 29.2 Å². The zero-order valence-corrected chi connectivity index (χ0v) is 20.5. The molecule has 2 aromatic heterocycles. The van der Waals surface area contributed by atoms with E-state index in [9.17, 15) is 36.0 Å². The van der Waals surface area contributed by atoms with Crippen LogP contribution in [0.25, 0.3) is 10.7 Å². The van der Waals surface area contributed by atoms with E-state index in [0.717, 1.165) is 24.3 Å². The fourth-order valence-electron chi connectivity index (χ4n) is 3.47. The van der Waals surface area contributed by atoms with Crippen LogP contribution in [0.5, 0.6) is 0 Å². The van der Waals surface area contributed by atoms with E-state index in [1.165, 1.54) is 11.3 Å². The molecule has 2 heterocycles. The molecule has 15 heteroatoms. The quantitative estimate of drug-likeness (QED) is 0.362. The average Bonchev–Trinajstić information content (AvgIpc) is 3.19. The molecule has 37 heavy (non-hydrogen) atoms. The highest BCUT2D eigenvalue weighted by atomic mass is 32.2. The number of aromatic nitrogens is 2. The van der Waals surface area contributed by atoms with Crippen molar-refractivity contribution < 1.29 is 35.3 Å². The fourth-order valence-corrected chi connectivity index (χ4v) is 5.48. The summed E-state index contributed by atoms with van der Waals surface area (Å²) in [5.41, 5.74) is -1.69. The molecule has 1 aromatic carbocycles. The van der Waals surface area contributed by atoms with E-state index in [2.05, 4.69) is 20.8 Å². The molecule has 1 amide bonds. The van der Waals surface area contributed by atoms with Gasteiger partial charge in [0.25, 0.3) is 0 Å². The van der Waals surface area contributed by atoms with Crippen molar-refractivity contribution in [1.29, 1.82) is 5.26 Å². The van der Waals surface area contributed by atoms with Crippen molar-refractivity contribution in [2.45, 2.75) is 42.4 Å². The molecule has 2 atom stereocenters. The number of carbonyl (C=O) groups excluding carboxylic acids is 1. The number of amides is 1. The molecule has 0 bridgehead atoms. The predicted molar refractivity (Wildman–Crippen MR) is 123 cm³/mol. The standard InChI is InChI=1S/C22H19F4N5O4S2/c23-14-5-3-13(4-6-14)18(22(24,25)26)28-15(20(32)30-21(12-27)7-8-21)10-37(33,34)11-17-29-19(31-35-17)16-2-1-9-36-16/h1-6,9,15,18,28H,7-8,10-11H2,(H,30,32)/t15-,18-/m0/s1. The Labute approximate surface area is 212 Å².